The molecule has 0 aliphatic heterocycles. The summed E-state index contributed by atoms with van der Waals surface area (Å²) in [5, 5.41) is 11.2. The van der Waals surface area contributed by atoms with E-state index in [1.54, 1.807) is 0 Å². The lowest BCUT2D eigenvalue weighted by Crippen LogP contribution is -2.08. The lowest BCUT2D eigenvalue weighted by molar-refractivity contribution is -0.118. The number of rotatable bonds is 3. The van der Waals surface area contributed by atoms with Crippen LogP contribution in [0.4, 0.5) is 10.5 Å². The summed E-state index contributed by atoms with van der Waals surface area (Å²) >= 11 is 11.2. The molecule has 0 aliphatic rings. The number of carboxylic acid groups (broad SMARTS) is 1. The minimum Gasteiger partial charge on any atom is -0.465 e. The van der Waals surface area contributed by atoms with E-state index in [-0.39, 0.29) is 5.91 Å². The topological polar surface area (TPSA) is 92.4 Å². The highest BCUT2D eigenvalue weighted by molar-refractivity contribution is 6.42. The summed E-state index contributed by atoms with van der Waals surface area (Å²) in [5.41, 5.74) is 5.16. The molecule has 100 valence electrons. The maximum atomic E-state index is 10.2. The fourth-order valence-electron chi connectivity index (χ4n) is 0.944. The van der Waals surface area contributed by atoms with Crippen molar-refractivity contribution in [3.63, 3.8) is 0 Å². The number of anilines is 1. The Balaban J connectivity index is 0.000000411. The molecule has 0 saturated heterocycles. The molecular formula is C11H14Cl2N2O3. The summed E-state index contributed by atoms with van der Waals surface area (Å²) in [6.07, 6.45) is 0.239. The van der Waals surface area contributed by atoms with Crippen LogP contribution >= 0.6 is 23.2 Å². The molecule has 1 aromatic rings. The van der Waals surface area contributed by atoms with Crippen molar-refractivity contribution in [2.45, 2.75) is 19.8 Å². The Morgan fingerprint density at radius 1 is 1.33 bits per heavy atom. The maximum absolute atomic E-state index is 10.2. The van der Waals surface area contributed by atoms with Gasteiger partial charge in [-0.15, -0.1) is 0 Å². The first-order valence-corrected chi connectivity index (χ1v) is 5.85. The monoisotopic (exact) mass is 292 g/mol. The Hall–Kier alpha value is -1.46. The molecule has 0 fully saturated rings. The summed E-state index contributed by atoms with van der Waals surface area (Å²) in [7, 11) is 0. The van der Waals surface area contributed by atoms with E-state index in [0.29, 0.717) is 22.2 Å². The lowest BCUT2D eigenvalue weighted by Gasteiger charge is -2.01. The highest BCUT2D eigenvalue weighted by atomic mass is 35.5. The summed E-state index contributed by atoms with van der Waals surface area (Å²) in [4.78, 5) is 20.0. The fraction of sp³-hybridized carbons (Fsp3) is 0.273. The van der Waals surface area contributed by atoms with Crippen LogP contribution in [-0.2, 0) is 4.79 Å². The van der Waals surface area contributed by atoms with Crippen molar-refractivity contribution in [1.29, 1.82) is 0 Å². The van der Waals surface area contributed by atoms with Gasteiger partial charge in [-0.1, -0.05) is 30.1 Å². The van der Waals surface area contributed by atoms with Crippen LogP contribution in [0, 0.1) is 0 Å². The van der Waals surface area contributed by atoms with E-state index < -0.39 is 6.09 Å². The number of benzene rings is 1. The zero-order valence-electron chi connectivity index (χ0n) is 9.74. The van der Waals surface area contributed by atoms with Gasteiger partial charge < -0.3 is 10.8 Å². The largest absolute Gasteiger partial charge is 0.465 e. The minimum absolute atomic E-state index is 0.211. The summed E-state index contributed by atoms with van der Waals surface area (Å²) in [6, 6.07) is 4.50. The number of nitrogens with two attached hydrogens (primary N) is 1. The number of hydrogen-bond donors (Lipinski definition) is 3. The highest BCUT2D eigenvalue weighted by Crippen LogP contribution is 2.24. The summed E-state index contributed by atoms with van der Waals surface area (Å²) in [5.74, 6) is -0.211. The number of halogens is 2. The Bertz CT molecular complexity index is 425. The van der Waals surface area contributed by atoms with Crippen LogP contribution in [0.1, 0.15) is 19.8 Å². The average Bonchev–Trinajstić information content (AvgIpc) is 2.23. The predicted molar refractivity (Wildman–Crippen MR) is 72.2 cm³/mol. The van der Waals surface area contributed by atoms with Gasteiger partial charge in [0.25, 0.3) is 0 Å². The average molecular weight is 293 g/mol. The molecule has 0 unspecified atom stereocenters. The Labute approximate surface area is 115 Å². The van der Waals surface area contributed by atoms with Gasteiger partial charge in [0.15, 0.2) is 0 Å². The summed E-state index contributed by atoms with van der Waals surface area (Å²) < 4.78 is 0. The van der Waals surface area contributed by atoms with Crippen LogP contribution in [-0.4, -0.2) is 17.1 Å². The number of hydrogen-bond acceptors (Lipinski definition) is 2. The van der Waals surface area contributed by atoms with Crippen LogP contribution in [0.25, 0.3) is 0 Å². The highest BCUT2D eigenvalue weighted by Gasteiger charge is 2.01. The first-order valence-electron chi connectivity index (χ1n) is 5.10. The number of carbonyl (C=O) groups is 2. The number of primary amides is 1. The van der Waals surface area contributed by atoms with Crippen LogP contribution in [0.3, 0.4) is 0 Å². The lowest BCUT2D eigenvalue weighted by atomic mass is 10.3. The zero-order valence-corrected chi connectivity index (χ0v) is 11.3. The molecular weight excluding hydrogens is 279 g/mol. The maximum Gasteiger partial charge on any atom is 0.409 e. The predicted octanol–water partition coefficient (Wildman–Crippen LogP) is 3.36. The molecule has 5 nitrogen and oxygen atoms in total. The summed E-state index contributed by atoms with van der Waals surface area (Å²) in [6.45, 7) is 1.92. The molecule has 0 spiro atoms. The molecule has 0 atom stereocenters. The van der Waals surface area contributed by atoms with E-state index >= 15 is 0 Å². The van der Waals surface area contributed by atoms with E-state index in [9.17, 15) is 9.59 Å². The standard InChI is InChI=1S/C7H5Cl2NO2.C4H9NO/c8-5-2-1-4(3-6(5)9)10-7(11)12;1-2-3-4(5)6/h1-3,10H,(H,11,12);2-3H2,1H3,(H2,5,6). The first kappa shape index (κ1) is 16.5. The smallest absolute Gasteiger partial charge is 0.409 e. The van der Waals surface area contributed by atoms with Gasteiger partial charge in [0.1, 0.15) is 0 Å². The van der Waals surface area contributed by atoms with Crippen LogP contribution in [0.5, 0.6) is 0 Å². The van der Waals surface area contributed by atoms with Gasteiger partial charge in [-0.25, -0.2) is 4.79 Å². The fourth-order valence-corrected chi connectivity index (χ4v) is 1.24. The molecule has 1 rings (SSSR count). The molecule has 7 heteroatoms. The van der Waals surface area contributed by atoms with Crippen molar-refractivity contribution in [3.8, 4) is 0 Å². The van der Waals surface area contributed by atoms with Gasteiger partial charge >= 0.3 is 6.09 Å². The van der Waals surface area contributed by atoms with Crippen molar-refractivity contribution in [1.82, 2.24) is 0 Å². The first-order chi connectivity index (χ1) is 8.36. The van der Waals surface area contributed by atoms with E-state index in [4.69, 9.17) is 34.0 Å². The van der Waals surface area contributed by atoms with Gasteiger partial charge in [-0.05, 0) is 24.6 Å². The van der Waals surface area contributed by atoms with Crippen LogP contribution in [0.15, 0.2) is 18.2 Å². The zero-order chi connectivity index (χ0) is 14.1. The van der Waals surface area contributed by atoms with Crippen LogP contribution in [0.2, 0.25) is 10.0 Å². The molecule has 18 heavy (non-hydrogen) atoms. The van der Waals surface area contributed by atoms with Gasteiger partial charge in [0.2, 0.25) is 5.91 Å². The van der Waals surface area contributed by atoms with Crippen molar-refractivity contribution in [2.24, 2.45) is 5.73 Å². The third-order valence-electron chi connectivity index (χ3n) is 1.67. The molecule has 0 heterocycles. The van der Waals surface area contributed by atoms with Crippen molar-refractivity contribution >= 4 is 40.9 Å². The Morgan fingerprint density at radius 2 is 1.94 bits per heavy atom. The number of nitrogens with one attached hydrogen (secondary N) is 1. The SMILES string of the molecule is CCCC(N)=O.O=C(O)Nc1ccc(Cl)c(Cl)c1. The van der Waals surface area contributed by atoms with E-state index in [2.05, 4.69) is 5.32 Å². The second-order valence-electron chi connectivity index (χ2n) is 3.28. The normalized spacial score (nSPS) is 9.06. The van der Waals surface area contributed by atoms with Crippen molar-refractivity contribution < 1.29 is 14.7 Å². The van der Waals surface area contributed by atoms with Crippen molar-refractivity contribution in [2.75, 3.05) is 5.32 Å². The third-order valence-corrected chi connectivity index (χ3v) is 2.41. The molecule has 0 saturated carbocycles. The third kappa shape index (κ3) is 7.76. The quantitative estimate of drug-likeness (QED) is 0.797. The number of amides is 2. The van der Waals surface area contributed by atoms with Crippen molar-refractivity contribution in [3.05, 3.63) is 28.2 Å². The molecule has 4 N–H and O–H groups in total. The molecule has 0 aromatic heterocycles. The number of carbonyl (C=O) groups excluding carboxylic acids is 1. The molecule has 2 amide bonds. The molecule has 1 aromatic carbocycles. The van der Waals surface area contributed by atoms with Gasteiger partial charge in [0, 0.05) is 12.1 Å². The van der Waals surface area contributed by atoms with E-state index in [1.807, 2.05) is 6.92 Å². The van der Waals surface area contributed by atoms with Gasteiger partial charge in [-0.2, -0.15) is 0 Å². The minimum atomic E-state index is -1.13. The van der Waals surface area contributed by atoms with Gasteiger partial charge in [-0.3, -0.25) is 10.1 Å². The second-order valence-corrected chi connectivity index (χ2v) is 4.09. The molecule has 0 bridgehead atoms. The second kappa shape index (κ2) is 8.60. The Kier molecular flexibility index (Phi) is 7.91. The van der Waals surface area contributed by atoms with E-state index in [1.165, 1.54) is 18.2 Å². The molecule has 0 aliphatic carbocycles. The van der Waals surface area contributed by atoms with E-state index in [0.717, 1.165) is 6.42 Å². The Morgan fingerprint density at radius 3 is 2.28 bits per heavy atom. The van der Waals surface area contributed by atoms with Crippen LogP contribution < -0.4 is 11.1 Å². The van der Waals surface area contributed by atoms with Gasteiger partial charge in [0.05, 0.1) is 10.0 Å². The molecule has 0 radical (unpaired) electrons.